The molecule has 28 heavy (non-hydrogen) atoms. The van der Waals surface area contributed by atoms with E-state index in [9.17, 15) is 4.79 Å². The Labute approximate surface area is 170 Å². The Balaban J connectivity index is 1.32. The molecule has 152 valence electrons. The molecule has 0 aliphatic heterocycles. The molecule has 4 fully saturated rings. The van der Waals surface area contributed by atoms with Gasteiger partial charge in [-0.15, -0.1) is 0 Å². The van der Waals surface area contributed by atoms with Crippen LogP contribution in [0.5, 0.6) is 0 Å². The quantitative estimate of drug-likeness (QED) is 0.557. The second-order valence-electron chi connectivity index (χ2n) is 11.6. The van der Waals surface area contributed by atoms with Crippen LogP contribution in [-0.4, -0.2) is 11.9 Å². The van der Waals surface area contributed by atoms with Crippen molar-refractivity contribution < 1.29 is 9.53 Å². The van der Waals surface area contributed by atoms with E-state index in [1.807, 2.05) is 0 Å². The fraction of sp³-hybridized carbons (Fsp3) is 0.808. The lowest BCUT2D eigenvalue weighted by Crippen LogP contribution is -2.54. The zero-order chi connectivity index (χ0) is 19.1. The molecule has 0 bridgehead atoms. The fourth-order valence-electron chi connectivity index (χ4n) is 8.68. The molecule has 1 spiro atoms. The van der Waals surface area contributed by atoms with Gasteiger partial charge in [-0.1, -0.05) is 19.4 Å². The molecule has 2 nitrogen and oxygen atoms in total. The molecule has 0 heterocycles. The molecule has 6 atom stereocenters. The van der Waals surface area contributed by atoms with Gasteiger partial charge in [0.15, 0.2) is 5.78 Å². The van der Waals surface area contributed by atoms with E-state index in [2.05, 4.69) is 26.0 Å². The zero-order valence-corrected chi connectivity index (χ0v) is 17.8. The highest BCUT2D eigenvalue weighted by atomic mass is 16.5. The molecule has 4 saturated carbocycles. The van der Waals surface area contributed by atoms with E-state index in [4.69, 9.17) is 4.74 Å². The minimum atomic E-state index is 0.293. The van der Waals surface area contributed by atoms with Crippen LogP contribution in [0.3, 0.4) is 0 Å². The molecule has 0 aromatic rings. The molecule has 2 heteroatoms. The summed E-state index contributed by atoms with van der Waals surface area (Å²) < 4.78 is 6.64. The van der Waals surface area contributed by atoms with Gasteiger partial charge >= 0.3 is 0 Å². The SMILES string of the molecule is CC12CCC(=O)C=C1C1(CC1)CC1C2CCC2(C)C(OC3=CCCC3)CCC12. The third-order valence-corrected chi connectivity index (χ3v) is 10.3. The second-order valence-corrected chi connectivity index (χ2v) is 11.6. The molecule has 6 unspecified atom stereocenters. The van der Waals surface area contributed by atoms with Gasteiger partial charge in [-0.25, -0.2) is 0 Å². The maximum Gasteiger partial charge on any atom is 0.155 e. The molecule has 0 N–H and O–H groups in total. The van der Waals surface area contributed by atoms with Gasteiger partial charge in [0.2, 0.25) is 0 Å². The van der Waals surface area contributed by atoms with Crippen molar-refractivity contribution >= 4 is 5.78 Å². The number of rotatable bonds is 2. The van der Waals surface area contributed by atoms with Crippen molar-refractivity contribution in [3.63, 3.8) is 0 Å². The minimum absolute atomic E-state index is 0.293. The van der Waals surface area contributed by atoms with Crippen LogP contribution in [0.2, 0.25) is 0 Å². The van der Waals surface area contributed by atoms with Gasteiger partial charge in [0.1, 0.15) is 6.10 Å². The molecule has 0 saturated heterocycles. The number of carbonyl (C=O) groups excluding carboxylic acids is 1. The van der Waals surface area contributed by atoms with E-state index in [0.29, 0.717) is 28.1 Å². The molecule has 6 aliphatic carbocycles. The summed E-state index contributed by atoms with van der Waals surface area (Å²) >= 11 is 0. The summed E-state index contributed by atoms with van der Waals surface area (Å²) in [6, 6.07) is 0. The highest BCUT2D eigenvalue weighted by molar-refractivity contribution is 5.92. The Kier molecular flexibility index (Phi) is 3.66. The molecule has 6 aliphatic rings. The Morgan fingerprint density at radius 3 is 2.61 bits per heavy atom. The van der Waals surface area contributed by atoms with E-state index >= 15 is 0 Å². The molecule has 0 amide bonds. The Morgan fingerprint density at radius 1 is 1.00 bits per heavy atom. The van der Waals surface area contributed by atoms with Crippen LogP contribution in [0.15, 0.2) is 23.5 Å². The first-order valence-electron chi connectivity index (χ1n) is 12.1. The summed E-state index contributed by atoms with van der Waals surface area (Å²) in [5.74, 6) is 4.16. The second kappa shape index (κ2) is 5.76. The number of carbonyl (C=O) groups is 1. The van der Waals surface area contributed by atoms with Gasteiger partial charge in [0, 0.05) is 18.3 Å². The first-order valence-corrected chi connectivity index (χ1v) is 12.1. The smallest absolute Gasteiger partial charge is 0.155 e. The summed E-state index contributed by atoms with van der Waals surface area (Å²) in [6.07, 6.45) is 19.8. The highest BCUT2D eigenvalue weighted by Crippen LogP contribution is 2.74. The van der Waals surface area contributed by atoms with Crippen LogP contribution in [0.1, 0.15) is 90.9 Å². The molecule has 0 aromatic heterocycles. The largest absolute Gasteiger partial charge is 0.495 e. The first-order chi connectivity index (χ1) is 13.4. The van der Waals surface area contributed by atoms with E-state index < -0.39 is 0 Å². The van der Waals surface area contributed by atoms with Crippen molar-refractivity contribution in [2.24, 2.45) is 34.0 Å². The topological polar surface area (TPSA) is 26.3 Å². The molecule has 0 radical (unpaired) electrons. The average Bonchev–Trinajstić information content (AvgIpc) is 3.09. The van der Waals surface area contributed by atoms with Crippen molar-refractivity contribution in [3.8, 4) is 0 Å². The van der Waals surface area contributed by atoms with E-state index in [0.717, 1.165) is 37.0 Å². The van der Waals surface area contributed by atoms with Crippen molar-refractivity contribution in [1.82, 2.24) is 0 Å². The van der Waals surface area contributed by atoms with Gasteiger partial charge < -0.3 is 4.74 Å². The predicted molar refractivity (Wildman–Crippen MR) is 111 cm³/mol. The third kappa shape index (κ3) is 2.30. The summed E-state index contributed by atoms with van der Waals surface area (Å²) in [7, 11) is 0. The number of ether oxygens (including phenoxy) is 1. The van der Waals surface area contributed by atoms with Gasteiger partial charge in [-0.2, -0.15) is 0 Å². The number of hydrogen-bond acceptors (Lipinski definition) is 2. The maximum absolute atomic E-state index is 12.3. The van der Waals surface area contributed by atoms with Crippen LogP contribution >= 0.6 is 0 Å². The minimum Gasteiger partial charge on any atom is -0.495 e. The maximum atomic E-state index is 12.3. The summed E-state index contributed by atoms with van der Waals surface area (Å²) in [4.78, 5) is 12.3. The summed E-state index contributed by atoms with van der Waals surface area (Å²) in [6.45, 7) is 5.11. The fourth-order valence-corrected chi connectivity index (χ4v) is 8.68. The van der Waals surface area contributed by atoms with Crippen LogP contribution in [0.4, 0.5) is 0 Å². The van der Waals surface area contributed by atoms with Crippen LogP contribution in [0, 0.1) is 34.0 Å². The molecule has 0 aromatic carbocycles. The van der Waals surface area contributed by atoms with Crippen LogP contribution in [0.25, 0.3) is 0 Å². The Morgan fingerprint density at radius 2 is 1.86 bits per heavy atom. The lowest BCUT2D eigenvalue weighted by Gasteiger charge is -2.60. The van der Waals surface area contributed by atoms with Crippen molar-refractivity contribution in [2.45, 2.75) is 97.0 Å². The average molecular weight is 381 g/mol. The summed E-state index contributed by atoms with van der Waals surface area (Å²) in [5, 5.41) is 0. The van der Waals surface area contributed by atoms with E-state index in [-0.39, 0.29) is 0 Å². The Hall–Kier alpha value is -1.05. The normalized spacial score (nSPS) is 48.4. The monoisotopic (exact) mass is 380 g/mol. The van der Waals surface area contributed by atoms with E-state index in [1.54, 1.807) is 5.57 Å². The highest BCUT2D eigenvalue weighted by Gasteiger charge is 2.66. The van der Waals surface area contributed by atoms with Gasteiger partial charge in [0.05, 0.1) is 5.76 Å². The molecule has 6 rings (SSSR count). The first kappa shape index (κ1) is 17.8. The van der Waals surface area contributed by atoms with Crippen LogP contribution < -0.4 is 0 Å². The Bertz CT molecular complexity index is 771. The van der Waals surface area contributed by atoms with Gasteiger partial charge in [-0.05, 0) is 105 Å². The number of hydrogen-bond donors (Lipinski definition) is 0. The van der Waals surface area contributed by atoms with Gasteiger partial charge in [-0.3, -0.25) is 4.79 Å². The van der Waals surface area contributed by atoms with Crippen molar-refractivity contribution in [2.75, 3.05) is 0 Å². The van der Waals surface area contributed by atoms with Crippen LogP contribution in [-0.2, 0) is 9.53 Å². The predicted octanol–water partition coefficient (Wildman–Crippen LogP) is 6.36. The molecular formula is C26H36O2. The zero-order valence-electron chi connectivity index (χ0n) is 17.8. The number of allylic oxidation sites excluding steroid dienone is 3. The van der Waals surface area contributed by atoms with Gasteiger partial charge in [0.25, 0.3) is 0 Å². The lowest BCUT2D eigenvalue weighted by atomic mass is 9.44. The van der Waals surface area contributed by atoms with Crippen molar-refractivity contribution in [1.29, 1.82) is 0 Å². The number of fused-ring (bicyclic) bond motifs is 6. The number of ketones is 1. The van der Waals surface area contributed by atoms with E-state index in [1.165, 1.54) is 63.5 Å². The third-order valence-electron chi connectivity index (χ3n) is 10.3. The molecular weight excluding hydrogens is 344 g/mol. The van der Waals surface area contributed by atoms with Crippen molar-refractivity contribution in [3.05, 3.63) is 23.5 Å². The summed E-state index contributed by atoms with van der Waals surface area (Å²) in [5.41, 5.74) is 2.64. The standard InChI is InChI=1S/C26H36O2/c1-24-11-9-17(27)15-22(24)26(13-14-26)16-19-20-7-8-23(28-18-5-3-4-6-18)25(20,2)12-10-21(19)24/h5,15,19-21,23H,3-4,6-14,16H2,1-2H3. The lowest BCUT2D eigenvalue weighted by molar-refractivity contribution is -0.119.